The van der Waals surface area contributed by atoms with E-state index in [1.165, 1.54) is 0 Å². The second-order valence-electron chi connectivity index (χ2n) is 5.40. The van der Waals surface area contributed by atoms with Crippen LogP contribution in [0.5, 0.6) is 0 Å². The van der Waals surface area contributed by atoms with Gasteiger partial charge in [-0.25, -0.2) is 9.78 Å². The van der Waals surface area contributed by atoms with Crippen molar-refractivity contribution in [3.8, 4) is 0 Å². The number of rotatable bonds is 6. The summed E-state index contributed by atoms with van der Waals surface area (Å²) in [6, 6.07) is 1.98. The Morgan fingerprint density at radius 3 is 2.85 bits per heavy atom. The molecule has 0 saturated heterocycles. The van der Waals surface area contributed by atoms with E-state index in [2.05, 4.69) is 4.98 Å². The standard InChI is InChI=1S/C15H22N2O3/c1-10(2)17(7-8-20-3)14-12(15(18)19)9-11-5-4-6-13(11)16-14/h9-10H,4-8H2,1-3H3,(H,18,19). The number of carboxylic acids is 1. The number of aromatic nitrogens is 1. The highest BCUT2D eigenvalue weighted by Crippen LogP contribution is 2.28. The summed E-state index contributed by atoms with van der Waals surface area (Å²) in [5.41, 5.74) is 2.44. The van der Waals surface area contributed by atoms with Crippen LogP contribution in [0.1, 0.15) is 41.9 Å². The molecule has 5 heteroatoms. The number of nitrogens with zero attached hydrogens (tertiary/aromatic N) is 2. The first-order valence-electron chi connectivity index (χ1n) is 7.06. The molecule has 110 valence electrons. The Bertz CT molecular complexity index is 500. The molecule has 0 spiro atoms. The molecular weight excluding hydrogens is 256 g/mol. The number of carboxylic acid groups (broad SMARTS) is 1. The first-order valence-corrected chi connectivity index (χ1v) is 7.06. The molecule has 1 heterocycles. The molecule has 0 saturated carbocycles. The lowest BCUT2D eigenvalue weighted by atomic mass is 10.1. The minimum absolute atomic E-state index is 0.176. The number of carbonyl (C=O) groups is 1. The van der Waals surface area contributed by atoms with Crippen molar-refractivity contribution in [1.29, 1.82) is 0 Å². The summed E-state index contributed by atoms with van der Waals surface area (Å²) in [7, 11) is 1.65. The third-order valence-corrected chi connectivity index (χ3v) is 3.69. The van der Waals surface area contributed by atoms with Crippen LogP contribution in [0.25, 0.3) is 0 Å². The van der Waals surface area contributed by atoms with Crippen LogP contribution in [0.4, 0.5) is 5.82 Å². The number of pyridine rings is 1. The minimum Gasteiger partial charge on any atom is -0.478 e. The highest BCUT2D eigenvalue weighted by atomic mass is 16.5. The lowest BCUT2D eigenvalue weighted by Gasteiger charge is -2.29. The molecule has 0 bridgehead atoms. The third kappa shape index (κ3) is 2.93. The number of fused-ring (bicyclic) bond motifs is 1. The van der Waals surface area contributed by atoms with Gasteiger partial charge in [-0.05, 0) is 44.7 Å². The van der Waals surface area contributed by atoms with E-state index in [-0.39, 0.29) is 6.04 Å². The maximum absolute atomic E-state index is 11.5. The molecule has 0 aliphatic heterocycles. The SMILES string of the molecule is COCCN(c1nc2c(cc1C(=O)O)CCC2)C(C)C. The van der Waals surface area contributed by atoms with E-state index in [1.807, 2.05) is 18.7 Å². The van der Waals surface area contributed by atoms with Gasteiger partial charge in [-0.2, -0.15) is 0 Å². The van der Waals surface area contributed by atoms with Gasteiger partial charge in [-0.15, -0.1) is 0 Å². The summed E-state index contributed by atoms with van der Waals surface area (Å²) in [6.45, 7) is 5.27. The zero-order chi connectivity index (χ0) is 14.7. The number of anilines is 1. The van der Waals surface area contributed by atoms with Crippen molar-refractivity contribution in [2.45, 2.75) is 39.2 Å². The van der Waals surface area contributed by atoms with Gasteiger partial charge in [0.15, 0.2) is 0 Å². The molecule has 0 aromatic carbocycles. The number of aryl methyl sites for hydroxylation is 2. The van der Waals surface area contributed by atoms with Crippen molar-refractivity contribution in [3.63, 3.8) is 0 Å². The molecule has 0 radical (unpaired) electrons. The Kier molecular flexibility index (Phi) is 4.60. The Balaban J connectivity index is 2.43. The number of ether oxygens (including phenoxy) is 1. The van der Waals surface area contributed by atoms with Gasteiger partial charge in [0.05, 0.1) is 6.61 Å². The smallest absolute Gasteiger partial charge is 0.339 e. The largest absolute Gasteiger partial charge is 0.478 e. The Morgan fingerprint density at radius 1 is 1.50 bits per heavy atom. The van der Waals surface area contributed by atoms with E-state index in [0.29, 0.717) is 24.5 Å². The topological polar surface area (TPSA) is 62.7 Å². The second-order valence-corrected chi connectivity index (χ2v) is 5.40. The predicted molar refractivity (Wildman–Crippen MR) is 77.6 cm³/mol. The molecule has 0 atom stereocenters. The van der Waals surface area contributed by atoms with Crippen molar-refractivity contribution in [2.75, 3.05) is 25.2 Å². The van der Waals surface area contributed by atoms with Crippen LogP contribution < -0.4 is 4.90 Å². The van der Waals surface area contributed by atoms with E-state index in [1.54, 1.807) is 13.2 Å². The van der Waals surface area contributed by atoms with E-state index < -0.39 is 5.97 Å². The van der Waals surface area contributed by atoms with Crippen molar-refractivity contribution < 1.29 is 14.6 Å². The van der Waals surface area contributed by atoms with Gasteiger partial charge in [-0.3, -0.25) is 0 Å². The van der Waals surface area contributed by atoms with Crippen molar-refractivity contribution in [2.24, 2.45) is 0 Å². The normalized spacial score (nSPS) is 13.6. The quantitative estimate of drug-likeness (QED) is 0.863. The van der Waals surface area contributed by atoms with Crippen LogP contribution >= 0.6 is 0 Å². The van der Waals surface area contributed by atoms with Crippen LogP contribution in [0.3, 0.4) is 0 Å². The number of hydrogen-bond acceptors (Lipinski definition) is 4. The van der Waals surface area contributed by atoms with Gasteiger partial charge in [0, 0.05) is 25.4 Å². The fourth-order valence-electron chi connectivity index (χ4n) is 2.64. The fraction of sp³-hybridized carbons (Fsp3) is 0.600. The van der Waals surface area contributed by atoms with E-state index in [4.69, 9.17) is 4.74 Å². The van der Waals surface area contributed by atoms with Gasteiger partial charge in [-0.1, -0.05) is 0 Å². The molecule has 1 N–H and O–H groups in total. The molecule has 0 unspecified atom stereocenters. The molecule has 1 aromatic rings. The summed E-state index contributed by atoms with van der Waals surface area (Å²) in [5.74, 6) is -0.338. The highest BCUT2D eigenvalue weighted by molar-refractivity contribution is 5.93. The summed E-state index contributed by atoms with van der Waals surface area (Å²) in [5, 5.41) is 9.46. The van der Waals surface area contributed by atoms with Gasteiger partial charge in [0.25, 0.3) is 0 Å². The van der Waals surface area contributed by atoms with Gasteiger partial charge >= 0.3 is 5.97 Å². The zero-order valence-corrected chi connectivity index (χ0v) is 12.3. The molecular formula is C15H22N2O3. The molecule has 20 heavy (non-hydrogen) atoms. The Labute approximate surface area is 119 Å². The number of hydrogen-bond donors (Lipinski definition) is 1. The molecule has 1 aromatic heterocycles. The maximum atomic E-state index is 11.5. The van der Waals surface area contributed by atoms with Crippen molar-refractivity contribution in [3.05, 3.63) is 22.9 Å². The monoisotopic (exact) mass is 278 g/mol. The lowest BCUT2D eigenvalue weighted by molar-refractivity contribution is 0.0697. The van der Waals surface area contributed by atoms with Gasteiger partial charge in [0.2, 0.25) is 0 Å². The number of aromatic carboxylic acids is 1. The first-order chi connectivity index (χ1) is 9.54. The zero-order valence-electron chi connectivity index (χ0n) is 12.3. The minimum atomic E-state index is -0.912. The van der Waals surface area contributed by atoms with Crippen LogP contribution in [-0.4, -0.2) is 42.4 Å². The molecule has 1 aliphatic carbocycles. The van der Waals surface area contributed by atoms with Crippen LogP contribution in [0, 0.1) is 0 Å². The van der Waals surface area contributed by atoms with E-state index >= 15 is 0 Å². The first kappa shape index (κ1) is 14.8. The van der Waals surface area contributed by atoms with Crippen molar-refractivity contribution in [1.82, 2.24) is 4.98 Å². The average Bonchev–Trinajstić information content (AvgIpc) is 2.84. The molecule has 0 amide bonds. The fourth-order valence-corrected chi connectivity index (χ4v) is 2.64. The maximum Gasteiger partial charge on any atom is 0.339 e. The van der Waals surface area contributed by atoms with Crippen LogP contribution in [-0.2, 0) is 17.6 Å². The number of methoxy groups -OCH3 is 1. The highest BCUT2D eigenvalue weighted by Gasteiger charge is 2.24. The predicted octanol–water partition coefficient (Wildman–Crippen LogP) is 2.13. The third-order valence-electron chi connectivity index (χ3n) is 3.69. The Morgan fingerprint density at radius 2 is 2.25 bits per heavy atom. The second kappa shape index (κ2) is 6.22. The van der Waals surface area contributed by atoms with E-state index in [0.717, 1.165) is 30.5 Å². The van der Waals surface area contributed by atoms with Crippen LogP contribution in [0.2, 0.25) is 0 Å². The lowest BCUT2D eigenvalue weighted by Crippen LogP contribution is -2.36. The molecule has 0 fully saturated rings. The summed E-state index contributed by atoms with van der Waals surface area (Å²) in [6.07, 6.45) is 2.94. The average molecular weight is 278 g/mol. The van der Waals surface area contributed by atoms with Gasteiger partial charge in [0.1, 0.15) is 11.4 Å². The summed E-state index contributed by atoms with van der Waals surface area (Å²) >= 11 is 0. The van der Waals surface area contributed by atoms with Gasteiger partial charge < -0.3 is 14.7 Å². The van der Waals surface area contributed by atoms with Crippen molar-refractivity contribution >= 4 is 11.8 Å². The van der Waals surface area contributed by atoms with E-state index in [9.17, 15) is 9.90 Å². The molecule has 2 rings (SSSR count). The summed E-state index contributed by atoms with van der Waals surface area (Å²) in [4.78, 5) is 18.2. The molecule has 1 aliphatic rings. The summed E-state index contributed by atoms with van der Waals surface area (Å²) < 4.78 is 5.12. The molecule has 5 nitrogen and oxygen atoms in total. The van der Waals surface area contributed by atoms with Crippen LogP contribution in [0.15, 0.2) is 6.07 Å². The Hall–Kier alpha value is -1.62.